The summed E-state index contributed by atoms with van der Waals surface area (Å²) in [5.41, 5.74) is 1.39. The third-order valence-corrected chi connectivity index (χ3v) is 4.61. The second-order valence-electron chi connectivity index (χ2n) is 5.48. The quantitative estimate of drug-likeness (QED) is 0.557. The third-order valence-electron chi connectivity index (χ3n) is 4.61. The molecule has 4 aliphatic carbocycles. The number of Topliss-reactive ketones (excluding diaryl/α,β-unsaturated/α-hetero) is 1. The summed E-state index contributed by atoms with van der Waals surface area (Å²) < 4.78 is 10.8. The molecule has 0 aromatic rings. The van der Waals surface area contributed by atoms with Crippen LogP contribution >= 0.6 is 0 Å². The first-order valence-electron chi connectivity index (χ1n) is 6.64. The Balaban J connectivity index is 1.82. The van der Waals surface area contributed by atoms with E-state index in [1.54, 1.807) is 7.11 Å². The van der Waals surface area contributed by atoms with Crippen molar-refractivity contribution < 1.29 is 14.3 Å². The van der Waals surface area contributed by atoms with Gasteiger partial charge in [0, 0.05) is 25.4 Å². The van der Waals surface area contributed by atoms with Gasteiger partial charge in [-0.25, -0.2) is 0 Å². The highest BCUT2D eigenvalue weighted by atomic mass is 16.7. The summed E-state index contributed by atoms with van der Waals surface area (Å²) >= 11 is 0. The first-order valence-corrected chi connectivity index (χ1v) is 6.64. The minimum absolute atomic E-state index is 0.221. The van der Waals surface area contributed by atoms with E-state index in [0.717, 1.165) is 25.7 Å². The molecule has 3 nitrogen and oxygen atoms in total. The molecule has 3 heteroatoms. The maximum Gasteiger partial charge on any atom is 0.146 e. The lowest BCUT2D eigenvalue weighted by Gasteiger charge is -2.48. The van der Waals surface area contributed by atoms with Crippen LogP contribution in [0.1, 0.15) is 32.1 Å². The molecule has 3 saturated carbocycles. The van der Waals surface area contributed by atoms with E-state index in [-0.39, 0.29) is 12.0 Å². The monoisotopic (exact) mass is 236 g/mol. The van der Waals surface area contributed by atoms with Gasteiger partial charge >= 0.3 is 0 Å². The molecule has 0 N–H and O–H groups in total. The number of hydrogen-bond acceptors (Lipinski definition) is 3. The fourth-order valence-corrected chi connectivity index (χ4v) is 3.94. The van der Waals surface area contributed by atoms with Crippen molar-refractivity contribution in [2.75, 3.05) is 13.9 Å². The zero-order valence-electron chi connectivity index (χ0n) is 10.4. The normalized spacial score (nSPS) is 40.1. The predicted octanol–water partition coefficient (Wildman–Crippen LogP) is 2.31. The molecule has 2 bridgehead atoms. The van der Waals surface area contributed by atoms with E-state index in [1.165, 1.54) is 12.0 Å². The van der Waals surface area contributed by atoms with Gasteiger partial charge < -0.3 is 9.47 Å². The number of allylic oxidation sites excluding steroid dienone is 1. The molecule has 4 aliphatic rings. The van der Waals surface area contributed by atoms with Crippen LogP contribution in [0.25, 0.3) is 0 Å². The van der Waals surface area contributed by atoms with Crippen molar-refractivity contribution in [3.8, 4) is 0 Å². The predicted molar refractivity (Wildman–Crippen MR) is 63.4 cm³/mol. The molecule has 0 unspecified atom stereocenters. The van der Waals surface area contributed by atoms with Gasteiger partial charge in [-0.3, -0.25) is 4.79 Å². The highest BCUT2D eigenvalue weighted by Crippen LogP contribution is 2.51. The summed E-state index contributed by atoms with van der Waals surface area (Å²) in [6.45, 7) is 0.375. The average Bonchev–Trinajstić information content (AvgIpc) is 2.36. The lowest BCUT2D eigenvalue weighted by atomic mass is 9.57. The van der Waals surface area contributed by atoms with Crippen molar-refractivity contribution in [2.45, 2.75) is 38.2 Å². The van der Waals surface area contributed by atoms with Crippen LogP contribution in [-0.4, -0.2) is 25.8 Å². The second kappa shape index (κ2) is 4.54. The number of carbonyl (C=O) groups is 1. The van der Waals surface area contributed by atoms with E-state index in [9.17, 15) is 4.79 Å². The SMILES string of the molecule is COCO[C@H]1CCC=C2[C@@H]3CC[C@@H](CC3=O)[C@H]21. The Morgan fingerprint density at radius 3 is 3.00 bits per heavy atom. The molecular weight excluding hydrogens is 216 g/mol. The van der Waals surface area contributed by atoms with Crippen molar-refractivity contribution in [2.24, 2.45) is 17.8 Å². The molecule has 0 aliphatic heterocycles. The van der Waals surface area contributed by atoms with E-state index < -0.39 is 0 Å². The Kier molecular flexibility index (Phi) is 3.05. The minimum atomic E-state index is 0.221. The van der Waals surface area contributed by atoms with Crippen LogP contribution in [0.4, 0.5) is 0 Å². The summed E-state index contributed by atoms with van der Waals surface area (Å²) in [7, 11) is 1.66. The zero-order chi connectivity index (χ0) is 11.8. The van der Waals surface area contributed by atoms with Crippen LogP contribution < -0.4 is 0 Å². The Labute approximate surface area is 102 Å². The maximum atomic E-state index is 11.9. The van der Waals surface area contributed by atoms with E-state index in [1.807, 2.05) is 0 Å². The zero-order valence-corrected chi connectivity index (χ0v) is 10.4. The lowest BCUT2D eigenvalue weighted by molar-refractivity contribution is -0.135. The fourth-order valence-electron chi connectivity index (χ4n) is 3.94. The van der Waals surface area contributed by atoms with Crippen LogP contribution in [-0.2, 0) is 14.3 Å². The summed E-state index contributed by atoms with van der Waals surface area (Å²) in [4.78, 5) is 11.9. The highest BCUT2D eigenvalue weighted by molar-refractivity contribution is 5.86. The number of hydrogen-bond donors (Lipinski definition) is 0. The molecule has 94 valence electrons. The number of carbonyl (C=O) groups excluding carboxylic acids is 1. The van der Waals surface area contributed by atoms with Crippen LogP contribution in [0.15, 0.2) is 11.6 Å². The molecule has 0 radical (unpaired) electrons. The molecule has 4 rings (SSSR count). The first kappa shape index (κ1) is 11.4. The number of rotatable bonds is 3. The molecular formula is C14H20O3. The topological polar surface area (TPSA) is 35.5 Å². The Morgan fingerprint density at radius 2 is 2.24 bits per heavy atom. The van der Waals surface area contributed by atoms with E-state index in [0.29, 0.717) is 24.4 Å². The molecule has 0 saturated heterocycles. The van der Waals surface area contributed by atoms with Gasteiger partial charge in [0.05, 0.1) is 6.10 Å². The molecule has 0 amide bonds. The van der Waals surface area contributed by atoms with Crippen LogP contribution in [0.5, 0.6) is 0 Å². The van der Waals surface area contributed by atoms with E-state index in [2.05, 4.69) is 6.08 Å². The summed E-state index contributed by atoms with van der Waals surface area (Å²) in [5, 5.41) is 0. The van der Waals surface area contributed by atoms with Crippen LogP contribution in [0, 0.1) is 17.8 Å². The Hall–Kier alpha value is -0.670. The molecule has 3 fully saturated rings. The van der Waals surface area contributed by atoms with E-state index in [4.69, 9.17) is 9.47 Å². The van der Waals surface area contributed by atoms with Gasteiger partial charge in [0.1, 0.15) is 12.6 Å². The van der Waals surface area contributed by atoms with Gasteiger partial charge in [0.25, 0.3) is 0 Å². The first-order chi connectivity index (χ1) is 8.31. The molecule has 0 aromatic carbocycles. The number of fused-ring (bicyclic) bond motifs is 2. The van der Waals surface area contributed by atoms with Crippen molar-refractivity contribution in [3.63, 3.8) is 0 Å². The van der Waals surface area contributed by atoms with Gasteiger partial charge in [0.15, 0.2) is 0 Å². The largest absolute Gasteiger partial charge is 0.359 e. The number of ether oxygens (including phenoxy) is 2. The molecule has 0 heterocycles. The van der Waals surface area contributed by atoms with Crippen molar-refractivity contribution >= 4 is 5.78 Å². The smallest absolute Gasteiger partial charge is 0.146 e. The average molecular weight is 236 g/mol. The highest BCUT2D eigenvalue weighted by Gasteiger charge is 2.48. The Bertz CT molecular complexity index is 347. The van der Waals surface area contributed by atoms with Crippen molar-refractivity contribution in [1.29, 1.82) is 0 Å². The number of methoxy groups -OCH3 is 1. The summed E-state index contributed by atoms with van der Waals surface area (Å²) in [6, 6.07) is 0. The van der Waals surface area contributed by atoms with Crippen molar-refractivity contribution in [1.82, 2.24) is 0 Å². The summed E-state index contributed by atoms with van der Waals surface area (Å²) in [5.74, 6) is 1.71. The van der Waals surface area contributed by atoms with Gasteiger partial charge in [-0.1, -0.05) is 11.6 Å². The maximum absolute atomic E-state index is 11.9. The lowest BCUT2D eigenvalue weighted by Crippen LogP contribution is -2.47. The second-order valence-corrected chi connectivity index (χ2v) is 5.48. The van der Waals surface area contributed by atoms with Gasteiger partial charge in [-0.2, -0.15) is 0 Å². The molecule has 17 heavy (non-hydrogen) atoms. The van der Waals surface area contributed by atoms with E-state index >= 15 is 0 Å². The molecule has 4 atom stereocenters. The summed E-state index contributed by atoms with van der Waals surface area (Å²) in [6.07, 6.45) is 7.76. The minimum Gasteiger partial charge on any atom is -0.359 e. The van der Waals surface area contributed by atoms with Crippen LogP contribution in [0.2, 0.25) is 0 Å². The molecule has 0 spiro atoms. The molecule has 0 aromatic heterocycles. The Morgan fingerprint density at radius 1 is 1.35 bits per heavy atom. The van der Waals surface area contributed by atoms with Crippen LogP contribution in [0.3, 0.4) is 0 Å². The van der Waals surface area contributed by atoms with Crippen molar-refractivity contribution in [3.05, 3.63) is 11.6 Å². The van der Waals surface area contributed by atoms with Gasteiger partial charge in [0.2, 0.25) is 0 Å². The number of ketones is 1. The fraction of sp³-hybridized carbons (Fsp3) is 0.786. The van der Waals surface area contributed by atoms with Gasteiger partial charge in [-0.05, 0) is 31.6 Å². The standard InChI is InChI=1S/C14H20O3/c1-16-8-17-13-4-2-3-11-10-6-5-9(14(11)13)7-12(10)15/h3,9-10,13-14H,2,4-8H2,1H3/t9-,10-,13-,14+/m0/s1. The van der Waals surface area contributed by atoms with Gasteiger partial charge in [-0.15, -0.1) is 0 Å². The third kappa shape index (κ3) is 1.85.